The molecule has 146 valence electrons. The molecule has 1 aromatic carbocycles. The minimum atomic E-state index is -1.25. The van der Waals surface area contributed by atoms with Gasteiger partial charge in [0.1, 0.15) is 12.2 Å². The summed E-state index contributed by atoms with van der Waals surface area (Å²) in [6, 6.07) is 0. The van der Waals surface area contributed by atoms with Gasteiger partial charge in [-0.05, 0) is 61.8 Å². The van der Waals surface area contributed by atoms with Crippen LogP contribution in [0.4, 0.5) is 21.0 Å². The number of carboxylic acid groups (broad SMARTS) is 2. The zero-order chi connectivity index (χ0) is 20.3. The van der Waals surface area contributed by atoms with Gasteiger partial charge >= 0.3 is 0 Å². The van der Waals surface area contributed by atoms with E-state index in [9.17, 15) is 19.8 Å². The number of nitrogens with zero attached hydrogens (tertiary/aromatic N) is 2. The van der Waals surface area contributed by atoms with Crippen molar-refractivity contribution in [1.82, 2.24) is 0 Å². The van der Waals surface area contributed by atoms with Gasteiger partial charge in [0.05, 0.1) is 0 Å². The highest BCUT2D eigenvalue weighted by Gasteiger charge is 2.24. The highest BCUT2D eigenvalue weighted by molar-refractivity contribution is 5.93. The van der Waals surface area contributed by atoms with Gasteiger partial charge in [0, 0.05) is 24.5 Å². The van der Waals surface area contributed by atoms with Gasteiger partial charge < -0.3 is 29.6 Å². The molecule has 0 saturated carbocycles. The van der Waals surface area contributed by atoms with Crippen LogP contribution >= 0.6 is 0 Å². The molecule has 0 aliphatic carbocycles. The van der Waals surface area contributed by atoms with Gasteiger partial charge in [-0.2, -0.15) is 0 Å². The van der Waals surface area contributed by atoms with Crippen LogP contribution in [0.1, 0.15) is 49.9 Å². The quantitative estimate of drug-likeness (QED) is 0.778. The molecule has 0 spiro atoms. The van der Waals surface area contributed by atoms with E-state index in [0.717, 1.165) is 22.3 Å². The van der Waals surface area contributed by atoms with Crippen molar-refractivity contribution < 1.29 is 19.8 Å². The van der Waals surface area contributed by atoms with E-state index in [-0.39, 0.29) is 11.8 Å². The third-order valence-electron chi connectivity index (χ3n) is 4.62. The Morgan fingerprint density at radius 1 is 0.692 bits per heavy atom. The molecule has 0 radical (unpaired) electrons. The Hall–Kier alpha value is -2.24. The molecule has 1 aromatic rings. The SMILES string of the molecule is Cc1c(C)c(N(CC(C)C)C(=O)[O-])c(C)c(C)c1N(CC(C)C)C(=O)[O-]. The van der Waals surface area contributed by atoms with Crippen molar-refractivity contribution in [3.8, 4) is 0 Å². The highest BCUT2D eigenvalue weighted by Crippen LogP contribution is 2.38. The Labute approximate surface area is 156 Å². The van der Waals surface area contributed by atoms with E-state index in [1.807, 2.05) is 55.4 Å². The van der Waals surface area contributed by atoms with Crippen molar-refractivity contribution in [2.24, 2.45) is 11.8 Å². The molecule has 26 heavy (non-hydrogen) atoms. The number of carbonyl (C=O) groups excluding carboxylic acids is 2. The minimum absolute atomic E-state index is 0.132. The molecular weight excluding hydrogens is 332 g/mol. The molecule has 6 heteroatoms. The van der Waals surface area contributed by atoms with Crippen molar-refractivity contribution in [3.05, 3.63) is 22.3 Å². The van der Waals surface area contributed by atoms with Crippen LogP contribution in [0.25, 0.3) is 0 Å². The molecule has 2 amide bonds. The maximum Gasteiger partial charge on any atom is 0.141 e. The molecule has 6 nitrogen and oxygen atoms in total. The van der Waals surface area contributed by atoms with Gasteiger partial charge in [-0.3, -0.25) is 0 Å². The average molecular weight is 362 g/mol. The third kappa shape index (κ3) is 4.48. The predicted molar refractivity (Wildman–Crippen MR) is 101 cm³/mol. The Morgan fingerprint density at radius 2 is 0.923 bits per heavy atom. The van der Waals surface area contributed by atoms with Crippen LogP contribution in [0.15, 0.2) is 0 Å². The number of rotatable bonds is 6. The fourth-order valence-electron chi connectivity index (χ4n) is 3.33. The van der Waals surface area contributed by atoms with Crippen LogP contribution in [0.3, 0.4) is 0 Å². The van der Waals surface area contributed by atoms with Crippen molar-refractivity contribution in [1.29, 1.82) is 0 Å². The summed E-state index contributed by atoms with van der Waals surface area (Å²) in [4.78, 5) is 26.0. The van der Waals surface area contributed by atoms with E-state index in [1.165, 1.54) is 9.80 Å². The van der Waals surface area contributed by atoms with Crippen LogP contribution in [-0.2, 0) is 0 Å². The lowest BCUT2D eigenvalue weighted by Crippen LogP contribution is -2.45. The van der Waals surface area contributed by atoms with Crippen molar-refractivity contribution >= 4 is 23.6 Å². The lowest BCUT2D eigenvalue weighted by molar-refractivity contribution is -0.247. The van der Waals surface area contributed by atoms with Crippen LogP contribution in [0, 0.1) is 39.5 Å². The number of hydrogen-bond donors (Lipinski definition) is 0. The fourth-order valence-corrected chi connectivity index (χ4v) is 3.33. The van der Waals surface area contributed by atoms with Crippen molar-refractivity contribution in [2.45, 2.75) is 55.4 Å². The number of anilines is 2. The molecular formula is C20H30N2O4-2. The largest absolute Gasteiger partial charge is 0.530 e. The van der Waals surface area contributed by atoms with E-state index >= 15 is 0 Å². The molecule has 0 unspecified atom stereocenters. The second-order valence-electron chi connectivity index (χ2n) is 7.74. The second kappa shape index (κ2) is 8.43. The first-order valence-corrected chi connectivity index (χ1v) is 8.97. The normalized spacial score (nSPS) is 11.2. The minimum Gasteiger partial charge on any atom is -0.530 e. The smallest absolute Gasteiger partial charge is 0.141 e. The molecule has 0 aromatic heterocycles. The monoisotopic (exact) mass is 362 g/mol. The first-order chi connectivity index (χ1) is 11.9. The van der Waals surface area contributed by atoms with Gasteiger partial charge in [-0.15, -0.1) is 0 Å². The number of hydrogen-bond acceptors (Lipinski definition) is 4. The summed E-state index contributed by atoms with van der Waals surface area (Å²) in [6.45, 7) is 15.7. The molecule has 0 bridgehead atoms. The molecule has 0 atom stereocenters. The zero-order valence-corrected chi connectivity index (χ0v) is 17.1. The van der Waals surface area contributed by atoms with E-state index in [2.05, 4.69) is 0 Å². The molecule has 0 N–H and O–H groups in total. The number of carbonyl (C=O) groups is 2. The predicted octanol–water partition coefficient (Wildman–Crippen LogP) is 2.53. The van der Waals surface area contributed by atoms with Crippen LogP contribution < -0.4 is 20.0 Å². The van der Waals surface area contributed by atoms with Crippen LogP contribution in [0.5, 0.6) is 0 Å². The standard InChI is InChI=1S/C20H32N2O4/c1-11(2)9-21(19(23)24)17-13(5)15(7)18(16(8)14(17)6)22(20(25)26)10-12(3)4/h11-12H,9-10H2,1-8H3,(H,23,24)(H,25,26)/p-2. The summed E-state index contributed by atoms with van der Waals surface area (Å²) < 4.78 is 0. The third-order valence-corrected chi connectivity index (χ3v) is 4.62. The molecule has 0 fully saturated rings. The van der Waals surface area contributed by atoms with Gasteiger partial charge in [0.25, 0.3) is 0 Å². The van der Waals surface area contributed by atoms with Gasteiger partial charge in [0.2, 0.25) is 0 Å². The first-order valence-electron chi connectivity index (χ1n) is 8.97. The average Bonchev–Trinajstić information content (AvgIpc) is 2.50. The topological polar surface area (TPSA) is 86.7 Å². The lowest BCUT2D eigenvalue weighted by Gasteiger charge is -2.36. The number of amides is 2. The second-order valence-corrected chi connectivity index (χ2v) is 7.74. The highest BCUT2D eigenvalue weighted by atomic mass is 16.4. The summed E-state index contributed by atoms with van der Waals surface area (Å²) in [5.74, 6) is 0.264. The maximum absolute atomic E-state index is 11.7. The van der Waals surface area contributed by atoms with Crippen molar-refractivity contribution in [3.63, 3.8) is 0 Å². The van der Waals surface area contributed by atoms with Gasteiger partial charge in [-0.1, -0.05) is 27.7 Å². The van der Waals surface area contributed by atoms with E-state index in [4.69, 9.17) is 0 Å². The fraction of sp³-hybridized carbons (Fsp3) is 0.600. The van der Waals surface area contributed by atoms with Gasteiger partial charge in [-0.25, -0.2) is 0 Å². The first kappa shape index (κ1) is 21.8. The Morgan fingerprint density at radius 3 is 1.08 bits per heavy atom. The van der Waals surface area contributed by atoms with Gasteiger partial charge in [0.15, 0.2) is 0 Å². The maximum atomic E-state index is 11.7. The summed E-state index contributed by atoms with van der Waals surface area (Å²) in [7, 11) is 0. The Kier molecular flexibility index (Phi) is 7.07. The summed E-state index contributed by atoms with van der Waals surface area (Å²) in [6.07, 6.45) is -2.51. The zero-order valence-electron chi connectivity index (χ0n) is 17.1. The number of benzene rings is 1. The summed E-state index contributed by atoms with van der Waals surface area (Å²) >= 11 is 0. The van der Waals surface area contributed by atoms with E-state index < -0.39 is 12.2 Å². The Bertz CT molecular complexity index is 608. The summed E-state index contributed by atoms with van der Waals surface area (Å²) in [5, 5.41) is 23.5. The summed E-state index contributed by atoms with van der Waals surface area (Å²) in [5.41, 5.74) is 4.12. The lowest BCUT2D eigenvalue weighted by atomic mass is 9.93. The van der Waals surface area contributed by atoms with Crippen LogP contribution in [-0.4, -0.2) is 25.3 Å². The molecule has 0 aliphatic rings. The Balaban J connectivity index is 3.68. The van der Waals surface area contributed by atoms with Crippen molar-refractivity contribution in [2.75, 3.05) is 22.9 Å². The van der Waals surface area contributed by atoms with Crippen LogP contribution in [0.2, 0.25) is 0 Å². The molecule has 1 rings (SSSR count). The van der Waals surface area contributed by atoms with E-state index in [1.54, 1.807) is 0 Å². The molecule has 0 aliphatic heterocycles. The molecule has 0 saturated heterocycles. The molecule has 0 heterocycles. The van der Waals surface area contributed by atoms with E-state index in [0.29, 0.717) is 24.5 Å².